The Morgan fingerprint density at radius 2 is 1.70 bits per heavy atom. The van der Waals surface area contributed by atoms with E-state index in [4.69, 9.17) is 26.6 Å². The van der Waals surface area contributed by atoms with E-state index in [1.54, 1.807) is 11.8 Å². The molecule has 1 aromatic carbocycles. The second kappa shape index (κ2) is 8.99. The number of thioether (sulfide) groups is 1. The summed E-state index contributed by atoms with van der Waals surface area (Å²) in [6.45, 7) is 1.99. The number of benzene rings is 1. The van der Waals surface area contributed by atoms with Crippen LogP contribution in [0.5, 0.6) is 0 Å². The third kappa shape index (κ3) is 4.10. The minimum Gasteiger partial charge on any atom is -0.356 e. The van der Waals surface area contributed by atoms with Gasteiger partial charge < -0.3 is 14.7 Å². The van der Waals surface area contributed by atoms with Crippen molar-refractivity contribution < 1.29 is 0 Å². The van der Waals surface area contributed by atoms with Crippen molar-refractivity contribution in [3.8, 4) is 0 Å². The average Bonchev–Trinajstić information content (AvgIpc) is 2.82. The zero-order chi connectivity index (χ0) is 23.1. The van der Waals surface area contributed by atoms with E-state index < -0.39 is 5.50 Å². The van der Waals surface area contributed by atoms with Gasteiger partial charge in [0.05, 0.1) is 5.56 Å². The zero-order valence-corrected chi connectivity index (χ0v) is 21.0. The fraction of sp³-hybridized carbons (Fsp3) is 0.417. The topological polar surface area (TPSA) is 60.2 Å². The third-order valence-electron chi connectivity index (χ3n) is 5.97. The molecule has 0 bridgehead atoms. The maximum Gasteiger partial charge on any atom is 0.227 e. The molecule has 5 rings (SSSR count). The lowest BCUT2D eigenvalue weighted by atomic mass is 9.92. The molecular weight excluding hydrogens is 454 g/mol. The molecule has 0 amide bonds. The lowest BCUT2D eigenvalue weighted by molar-refractivity contribution is 0.571. The summed E-state index contributed by atoms with van der Waals surface area (Å²) in [6, 6.07) is 10.4. The van der Waals surface area contributed by atoms with Crippen molar-refractivity contribution in [2.75, 3.05) is 51.1 Å². The van der Waals surface area contributed by atoms with E-state index in [0.717, 1.165) is 51.3 Å². The van der Waals surface area contributed by atoms with Crippen molar-refractivity contribution in [1.29, 1.82) is 0 Å². The predicted molar refractivity (Wildman–Crippen MR) is 139 cm³/mol. The fourth-order valence-electron chi connectivity index (χ4n) is 4.34. The molecule has 0 N–H and O–H groups in total. The van der Waals surface area contributed by atoms with Crippen LogP contribution in [0.3, 0.4) is 0 Å². The molecule has 33 heavy (non-hydrogen) atoms. The van der Waals surface area contributed by atoms with E-state index >= 15 is 0 Å². The van der Waals surface area contributed by atoms with Crippen LogP contribution in [0, 0.1) is 0 Å². The van der Waals surface area contributed by atoms with Gasteiger partial charge in [0.1, 0.15) is 15.9 Å². The van der Waals surface area contributed by atoms with Gasteiger partial charge in [-0.2, -0.15) is 4.98 Å². The number of hydrogen-bond donors (Lipinski definition) is 0. The van der Waals surface area contributed by atoms with Gasteiger partial charge in [-0.3, -0.25) is 0 Å². The van der Waals surface area contributed by atoms with Gasteiger partial charge in [-0.1, -0.05) is 41.9 Å². The summed E-state index contributed by atoms with van der Waals surface area (Å²) >= 11 is 8.50. The molecule has 3 aliphatic heterocycles. The molecule has 2 aromatic rings. The molecule has 3 aliphatic rings. The van der Waals surface area contributed by atoms with Crippen molar-refractivity contribution in [1.82, 2.24) is 14.9 Å². The molecule has 9 heteroatoms. The first kappa shape index (κ1) is 22.2. The van der Waals surface area contributed by atoms with Crippen LogP contribution in [-0.4, -0.2) is 72.7 Å². The van der Waals surface area contributed by atoms with Crippen molar-refractivity contribution >= 4 is 51.7 Å². The number of fused-ring (bicyclic) bond motifs is 2. The number of alkyl halides is 1. The minimum absolute atomic E-state index is 0.534. The monoisotopic (exact) mass is 481 g/mol. The molecule has 172 valence electrons. The highest BCUT2D eigenvalue weighted by molar-refractivity contribution is 8.14. The maximum absolute atomic E-state index is 6.93. The lowest BCUT2D eigenvalue weighted by Crippen LogP contribution is -2.34. The molecule has 0 spiro atoms. The van der Waals surface area contributed by atoms with Crippen LogP contribution < -0.4 is 9.80 Å². The van der Waals surface area contributed by atoms with Crippen LogP contribution in [0.2, 0.25) is 0 Å². The molecule has 1 saturated heterocycles. The predicted octanol–water partition coefficient (Wildman–Crippen LogP) is 4.34. The van der Waals surface area contributed by atoms with Crippen LogP contribution in [0.15, 0.2) is 50.9 Å². The van der Waals surface area contributed by atoms with Crippen molar-refractivity contribution in [3.63, 3.8) is 0 Å². The Labute approximate surface area is 204 Å². The molecule has 4 heterocycles. The Morgan fingerprint density at radius 1 is 0.970 bits per heavy atom. The summed E-state index contributed by atoms with van der Waals surface area (Å²) in [5.74, 6) is 2.31. The summed E-state index contributed by atoms with van der Waals surface area (Å²) in [5, 5.41) is 1.77. The first-order valence-electron chi connectivity index (χ1n) is 11.2. The van der Waals surface area contributed by atoms with E-state index in [0.29, 0.717) is 11.9 Å². The average molecular weight is 482 g/mol. The van der Waals surface area contributed by atoms with Gasteiger partial charge in [-0.25, -0.2) is 15.0 Å². The highest BCUT2D eigenvalue weighted by atomic mass is 35.5. The summed E-state index contributed by atoms with van der Waals surface area (Å²) in [4.78, 5) is 25.9. The molecular formula is C24H28ClN7S. The van der Waals surface area contributed by atoms with Crippen molar-refractivity contribution in [2.24, 2.45) is 9.98 Å². The van der Waals surface area contributed by atoms with E-state index in [1.807, 2.05) is 44.1 Å². The number of guanidine groups is 1. The highest BCUT2D eigenvalue weighted by Gasteiger charge is 2.37. The van der Waals surface area contributed by atoms with Crippen molar-refractivity contribution in [3.05, 3.63) is 47.0 Å². The molecule has 0 aliphatic carbocycles. The van der Waals surface area contributed by atoms with E-state index in [1.165, 1.54) is 19.3 Å². The van der Waals surface area contributed by atoms with E-state index in [-0.39, 0.29) is 0 Å². The van der Waals surface area contributed by atoms with Gasteiger partial charge in [-0.05, 0) is 36.6 Å². The van der Waals surface area contributed by atoms with Gasteiger partial charge in [0.25, 0.3) is 0 Å². The Bertz CT molecular complexity index is 1150. The number of nitrogens with zero attached hydrogens (tertiary/aromatic N) is 7. The normalized spacial score (nSPS) is 20.0. The number of aromatic nitrogens is 2. The smallest absolute Gasteiger partial charge is 0.227 e. The summed E-state index contributed by atoms with van der Waals surface area (Å²) in [5.41, 5.74) is 3.56. The number of piperidine rings is 1. The van der Waals surface area contributed by atoms with Gasteiger partial charge in [0, 0.05) is 52.4 Å². The number of halogens is 1. The molecule has 0 saturated carbocycles. The number of anilines is 2. The molecule has 1 fully saturated rings. The van der Waals surface area contributed by atoms with Crippen LogP contribution in [0.25, 0.3) is 5.57 Å². The maximum atomic E-state index is 6.93. The Balaban J connectivity index is 1.80. The SMILES string of the molecule is CN(C)C1=NC(Cl)C2=C(c3ccccc3)c3c(nc(N(C)C)nc3N3CCCCC3)SC2=N1. The fourth-order valence-corrected chi connectivity index (χ4v) is 5.76. The van der Waals surface area contributed by atoms with E-state index in [2.05, 4.69) is 34.2 Å². The number of aliphatic imine (C=N–C) groups is 2. The van der Waals surface area contributed by atoms with Crippen molar-refractivity contribution in [2.45, 2.75) is 29.8 Å². The summed E-state index contributed by atoms with van der Waals surface area (Å²) < 4.78 is 0. The quantitative estimate of drug-likeness (QED) is 0.369. The largest absolute Gasteiger partial charge is 0.356 e. The molecule has 7 nitrogen and oxygen atoms in total. The zero-order valence-electron chi connectivity index (χ0n) is 19.4. The summed E-state index contributed by atoms with van der Waals surface area (Å²) in [6.07, 6.45) is 3.60. The molecule has 0 radical (unpaired) electrons. The van der Waals surface area contributed by atoms with Gasteiger partial charge >= 0.3 is 0 Å². The van der Waals surface area contributed by atoms with E-state index in [9.17, 15) is 0 Å². The second-order valence-electron chi connectivity index (χ2n) is 8.80. The van der Waals surface area contributed by atoms with Gasteiger partial charge in [0.15, 0.2) is 5.50 Å². The molecule has 1 aromatic heterocycles. The third-order valence-corrected chi connectivity index (χ3v) is 7.28. The number of rotatable bonds is 3. The highest BCUT2D eigenvalue weighted by Crippen LogP contribution is 2.48. The van der Waals surface area contributed by atoms with Gasteiger partial charge in [-0.15, -0.1) is 0 Å². The number of hydrogen-bond acceptors (Lipinski definition) is 8. The Hall–Kier alpha value is -2.58. The van der Waals surface area contributed by atoms with Crippen LogP contribution in [0.1, 0.15) is 30.4 Å². The Kier molecular flexibility index (Phi) is 6.05. The minimum atomic E-state index is -0.534. The standard InChI is InChI=1S/C24H28ClN7S/c1-30(2)23-26-19(25)17-16(15-11-7-5-8-12-15)18-20(32-13-9-6-10-14-32)27-24(31(3)4)29-22(18)33-21(17)28-23/h5,7-8,11-12,19H,6,9-10,13-14H2,1-4H3. The van der Waals surface area contributed by atoms with Crippen LogP contribution in [0.4, 0.5) is 11.8 Å². The molecule has 1 atom stereocenters. The first-order chi connectivity index (χ1) is 15.9. The first-order valence-corrected chi connectivity index (χ1v) is 12.5. The Morgan fingerprint density at radius 3 is 2.36 bits per heavy atom. The lowest BCUT2D eigenvalue weighted by Gasteiger charge is -2.35. The van der Waals surface area contributed by atoms with Gasteiger partial charge in [0.2, 0.25) is 11.9 Å². The molecule has 1 unspecified atom stereocenters. The summed E-state index contributed by atoms with van der Waals surface area (Å²) in [7, 11) is 7.83. The second-order valence-corrected chi connectivity index (χ2v) is 10.2. The van der Waals surface area contributed by atoms with Crippen LogP contribution in [-0.2, 0) is 0 Å². The van der Waals surface area contributed by atoms with Crippen LogP contribution >= 0.6 is 23.4 Å².